The standard InChI is InChI=1S/C25H27F5O3S.2C24H27ClF2O3S.C23H25ClF2O3S/c1-2-34(31,32)13-11-17-4-3-12-24(14-16-5-7-18(8-6-16)25(28,29)30)19(17)15-33-23-21(27)10-9-20(26)22(23)24;2*1-2-31(28,29)13-11-17-4-3-12-24(14-16-5-7-18(25)8-6-16)19(17)15-30-23-21(27)10-9-20(26)22(23)24;1-14(2)12-15-4-3-11-23(30(27,28)17-7-5-16(24)6-8-17)18(15)13-29-22-20(26)10-9-19(25)21(22)23/h5-10,17,19H,2-4,11-15H2,1H3;2*5-10,17,19H,2-4,11-15H2,1H3;5-10,14-15,18H,3-4,11-13H2,1-2H3/t3*17-,19-,24-;15-,18-,23-/m0100/s1. The van der Waals surface area contributed by atoms with Gasteiger partial charge >= 0.3 is 6.18 Å². The number of benzene rings is 8. The molecule has 0 unspecified atom stereocenters. The molecule has 0 amide bonds. The SMILES string of the molecule is CC(C)C[C@@H]1CCC[C@@]2(S(=O)(=O)c3ccc(Cl)cc3)c3c(F)ccc(F)c3OC[C@@H]12.CCS(=O)(=O)CC[C@@H]1CCC[C@@]2(Cc3ccc(C(F)(F)F)cc3)c3c(F)ccc(F)c3OC[C@@H]12.CCS(=O)(=O)CC[C@@H]1CCC[C@@]2(Cc3ccc(Cl)cc3)c3c(F)ccc(F)c3OC[C@@H]12.CCS(=O)(=O)CC[C@H]1CCC[C@]2(Cc3ccc(Cl)cc3)c3c(F)ccc(F)c3OC[C@H]12. The monoisotopic (exact) mass is 1890 g/mol. The molecule has 16 rings (SSSR count). The van der Waals surface area contributed by atoms with E-state index in [4.69, 9.17) is 53.8 Å². The third kappa shape index (κ3) is 20.0. The van der Waals surface area contributed by atoms with Crippen LogP contribution in [0, 0.1) is 99.8 Å². The number of halogens is 14. The number of ether oxygens (including phenoxy) is 4. The number of alkyl halides is 3. The minimum absolute atomic E-state index is 0.000480. The van der Waals surface area contributed by atoms with E-state index in [1.807, 2.05) is 24.3 Å². The van der Waals surface area contributed by atoms with Crippen LogP contribution >= 0.6 is 34.8 Å². The van der Waals surface area contributed by atoms with Gasteiger partial charge in [0.1, 0.15) is 57.5 Å². The predicted octanol–water partition coefficient (Wildman–Crippen LogP) is 23.7. The van der Waals surface area contributed by atoms with Gasteiger partial charge in [0.25, 0.3) is 0 Å². The van der Waals surface area contributed by atoms with Gasteiger partial charge in [0, 0.05) is 88.9 Å². The molecular formula is C96H106Cl3F11O12S4. The maximum Gasteiger partial charge on any atom is 0.416 e. The minimum atomic E-state index is -4.47. The quantitative estimate of drug-likeness (QED) is 0.0589. The number of hydrogen-bond donors (Lipinski definition) is 0. The fourth-order valence-corrected chi connectivity index (χ4v) is 27.9. The number of fused-ring (bicyclic) bond motifs is 12. The van der Waals surface area contributed by atoms with Gasteiger partial charge in [-0.05, 0) is 252 Å². The van der Waals surface area contributed by atoms with Crippen LogP contribution in [-0.4, -0.2) is 94.6 Å². The van der Waals surface area contributed by atoms with Crippen LogP contribution in [0.25, 0.3) is 0 Å². The fourth-order valence-electron chi connectivity index (χ4n) is 22.2. The van der Waals surface area contributed by atoms with E-state index in [2.05, 4.69) is 13.8 Å². The number of sulfone groups is 4. The lowest BCUT2D eigenvalue weighted by Gasteiger charge is -2.52. The third-order valence-corrected chi connectivity index (χ3v) is 36.8. The smallest absolute Gasteiger partial charge is 0.416 e. The topological polar surface area (TPSA) is 173 Å². The molecule has 8 aliphatic rings. The molecule has 0 radical (unpaired) electrons. The van der Waals surface area contributed by atoms with Crippen LogP contribution in [0.15, 0.2) is 150 Å². The van der Waals surface area contributed by atoms with Crippen LogP contribution in [-0.2, 0) is 85.8 Å². The first-order valence-electron chi connectivity index (χ1n) is 43.4. The highest BCUT2D eigenvalue weighted by Crippen LogP contribution is 2.62. The Hall–Kier alpha value is -7.14. The Balaban J connectivity index is 0.000000144. The number of hydrogen-bond acceptors (Lipinski definition) is 12. The van der Waals surface area contributed by atoms with E-state index in [0.717, 1.165) is 105 Å². The molecular weight excluding hydrogens is 1790 g/mol. The largest absolute Gasteiger partial charge is 0.490 e. The van der Waals surface area contributed by atoms with E-state index >= 15 is 17.6 Å². The lowest BCUT2D eigenvalue weighted by atomic mass is 9.55. The summed E-state index contributed by atoms with van der Waals surface area (Å²) in [7, 11) is -13.5. The lowest BCUT2D eigenvalue weighted by Crippen LogP contribution is -2.54. The van der Waals surface area contributed by atoms with Gasteiger partial charge in [0.2, 0.25) is 0 Å². The average molecular weight is 1900 g/mol. The Bertz CT molecular complexity index is 5530. The van der Waals surface area contributed by atoms with Gasteiger partial charge in [-0.15, -0.1) is 0 Å². The summed E-state index contributed by atoms with van der Waals surface area (Å²) in [6.07, 6.45) is 7.40. The molecule has 0 aromatic heterocycles. The molecule has 4 saturated carbocycles. The van der Waals surface area contributed by atoms with E-state index in [9.17, 15) is 64.4 Å². The zero-order valence-corrected chi connectivity index (χ0v) is 76.4. The summed E-state index contributed by atoms with van der Waals surface area (Å²) in [5, 5.41) is 1.65. The molecule has 30 heteroatoms. The van der Waals surface area contributed by atoms with Crippen molar-refractivity contribution in [1.82, 2.24) is 0 Å². The van der Waals surface area contributed by atoms with E-state index < -0.39 is 125 Å². The Morgan fingerprint density at radius 1 is 0.365 bits per heavy atom. The van der Waals surface area contributed by atoms with Crippen molar-refractivity contribution in [3.05, 3.63) is 252 Å². The molecule has 8 aromatic rings. The van der Waals surface area contributed by atoms with Crippen molar-refractivity contribution in [1.29, 1.82) is 0 Å². The summed E-state index contributed by atoms with van der Waals surface area (Å²) in [4.78, 5) is 0.0682. The maximum absolute atomic E-state index is 15.3. The Kier molecular flexibility index (Phi) is 29.9. The van der Waals surface area contributed by atoms with Crippen molar-refractivity contribution < 1.29 is 101 Å². The van der Waals surface area contributed by atoms with Crippen molar-refractivity contribution in [2.75, 3.05) is 60.9 Å². The highest BCUT2D eigenvalue weighted by molar-refractivity contribution is 7.92. The molecule has 0 bridgehead atoms. The summed E-state index contributed by atoms with van der Waals surface area (Å²) < 4.78 is 281. The molecule has 12 atom stereocenters. The normalized spacial score (nSPS) is 25.4. The van der Waals surface area contributed by atoms with E-state index in [1.165, 1.54) is 48.5 Å². The molecule has 0 N–H and O–H groups in total. The molecule has 4 heterocycles. The first kappa shape index (κ1) is 96.4. The predicted molar refractivity (Wildman–Crippen MR) is 468 cm³/mol. The summed E-state index contributed by atoms with van der Waals surface area (Å²) >= 11 is 18.1. The second-order valence-corrected chi connectivity index (χ2v) is 46.6. The molecule has 0 spiro atoms. The summed E-state index contributed by atoms with van der Waals surface area (Å²) in [5.74, 6) is -5.24. The van der Waals surface area contributed by atoms with Gasteiger partial charge in [-0.3, -0.25) is 0 Å². The van der Waals surface area contributed by atoms with Crippen LogP contribution in [0.1, 0.15) is 182 Å². The second-order valence-electron chi connectivity index (χ2n) is 35.7. The first-order valence-corrected chi connectivity index (χ1v) is 51.5. The van der Waals surface area contributed by atoms with Crippen molar-refractivity contribution in [3.63, 3.8) is 0 Å². The van der Waals surface area contributed by atoms with Crippen LogP contribution in [0.4, 0.5) is 48.3 Å². The van der Waals surface area contributed by atoms with Gasteiger partial charge in [-0.1, -0.05) is 132 Å². The zero-order chi connectivity index (χ0) is 90.9. The molecule has 4 aliphatic carbocycles. The van der Waals surface area contributed by atoms with E-state index in [1.54, 1.807) is 45.0 Å². The van der Waals surface area contributed by atoms with Crippen molar-refractivity contribution >= 4 is 74.2 Å². The van der Waals surface area contributed by atoms with Gasteiger partial charge in [0.05, 0.1) is 59.7 Å². The third-order valence-electron chi connectivity index (χ3n) is 28.3. The molecule has 4 fully saturated rings. The fraction of sp³-hybridized carbons (Fsp3) is 0.500. The van der Waals surface area contributed by atoms with Gasteiger partial charge in [-0.2, -0.15) is 13.2 Å². The Morgan fingerprint density at radius 3 is 0.960 bits per heavy atom. The van der Waals surface area contributed by atoms with Crippen LogP contribution in [0.5, 0.6) is 23.0 Å². The minimum Gasteiger partial charge on any atom is -0.490 e. The molecule has 126 heavy (non-hydrogen) atoms. The van der Waals surface area contributed by atoms with Crippen LogP contribution in [0.3, 0.4) is 0 Å². The van der Waals surface area contributed by atoms with Crippen LogP contribution in [0.2, 0.25) is 15.1 Å². The van der Waals surface area contributed by atoms with Crippen molar-refractivity contribution in [2.24, 2.45) is 53.3 Å². The first-order chi connectivity index (χ1) is 59.7. The Labute approximate surface area is 747 Å². The maximum atomic E-state index is 15.3. The van der Waals surface area contributed by atoms with Gasteiger partial charge in [0.15, 0.2) is 56.1 Å². The highest BCUT2D eigenvalue weighted by Gasteiger charge is 2.62. The van der Waals surface area contributed by atoms with Crippen molar-refractivity contribution in [3.8, 4) is 23.0 Å². The second kappa shape index (κ2) is 39.1. The van der Waals surface area contributed by atoms with Crippen molar-refractivity contribution in [2.45, 2.75) is 189 Å². The summed E-state index contributed by atoms with van der Waals surface area (Å²) in [6, 6.07) is 34.2. The molecule has 8 aromatic carbocycles. The van der Waals surface area contributed by atoms with Gasteiger partial charge < -0.3 is 18.9 Å². The summed E-state index contributed by atoms with van der Waals surface area (Å²) in [6.45, 7) is 9.74. The highest BCUT2D eigenvalue weighted by atomic mass is 35.5. The average Bonchev–Trinajstić information content (AvgIpc) is 0.693. The molecule has 684 valence electrons. The molecule has 4 aliphatic heterocycles. The zero-order valence-electron chi connectivity index (χ0n) is 70.9. The lowest BCUT2D eigenvalue weighted by molar-refractivity contribution is -0.137. The number of rotatable bonds is 22. The molecule has 0 saturated heterocycles. The Morgan fingerprint density at radius 2 is 0.643 bits per heavy atom. The summed E-state index contributed by atoms with van der Waals surface area (Å²) in [5.41, 5.74) is 0.174. The van der Waals surface area contributed by atoms with E-state index in [-0.39, 0.29) is 154 Å². The molecule has 12 nitrogen and oxygen atoms in total. The van der Waals surface area contributed by atoms with Gasteiger partial charge in [-0.25, -0.2) is 68.8 Å². The van der Waals surface area contributed by atoms with Crippen LogP contribution < -0.4 is 18.9 Å². The van der Waals surface area contributed by atoms with E-state index in [0.29, 0.717) is 102 Å².